The van der Waals surface area contributed by atoms with E-state index in [1.807, 2.05) is 11.8 Å². The number of hydrogen-bond acceptors (Lipinski definition) is 5. The van der Waals surface area contributed by atoms with Crippen LogP contribution in [0.1, 0.15) is 13.3 Å². The van der Waals surface area contributed by atoms with E-state index in [1.54, 1.807) is 12.1 Å². The Kier molecular flexibility index (Phi) is 5.15. The average molecular weight is 353 g/mol. The quantitative estimate of drug-likeness (QED) is 0.615. The van der Waals surface area contributed by atoms with Gasteiger partial charge in [-0.15, -0.1) is 0 Å². The molecule has 7 heteroatoms. The van der Waals surface area contributed by atoms with Crippen LogP contribution in [0.5, 0.6) is 0 Å². The summed E-state index contributed by atoms with van der Waals surface area (Å²) in [5.74, 6) is 0. The molecule has 0 aromatic heterocycles. The number of benzene rings is 1. The first kappa shape index (κ1) is 15.7. The van der Waals surface area contributed by atoms with E-state index in [9.17, 15) is 10.1 Å². The van der Waals surface area contributed by atoms with Gasteiger partial charge in [-0.1, -0.05) is 22.9 Å². The van der Waals surface area contributed by atoms with Crippen molar-refractivity contribution in [2.45, 2.75) is 19.4 Å². The lowest BCUT2D eigenvalue weighted by atomic mass is 10.1. The first-order valence-corrected chi connectivity index (χ1v) is 7.68. The summed E-state index contributed by atoms with van der Waals surface area (Å²) in [7, 11) is 0. The maximum absolute atomic E-state index is 11.2. The Hall–Kier alpha value is -1.65. The first-order valence-electron chi connectivity index (χ1n) is 6.89. The Labute approximate surface area is 132 Å². The van der Waals surface area contributed by atoms with Crippen molar-refractivity contribution in [1.82, 2.24) is 4.90 Å². The van der Waals surface area contributed by atoms with Gasteiger partial charge in [0.25, 0.3) is 5.69 Å². The van der Waals surface area contributed by atoms with E-state index in [2.05, 4.69) is 26.9 Å². The zero-order valence-electron chi connectivity index (χ0n) is 11.8. The molecule has 0 radical (unpaired) electrons. The fourth-order valence-corrected chi connectivity index (χ4v) is 2.96. The van der Waals surface area contributed by atoms with Gasteiger partial charge < -0.3 is 4.90 Å². The topological polar surface area (TPSA) is 73.4 Å². The third-order valence-electron chi connectivity index (χ3n) is 3.77. The minimum absolute atomic E-state index is 0.0651. The van der Waals surface area contributed by atoms with E-state index >= 15 is 0 Å². The van der Waals surface area contributed by atoms with Crippen LogP contribution in [0.15, 0.2) is 22.7 Å². The summed E-state index contributed by atoms with van der Waals surface area (Å²) < 4.78 is 0.828. The van der Waals surface area contributed by atoms with Gasteiger partial charge in [-0.2, -0.15) is 5.26 Å². The van der Waals surface area contributed by atoms with Gasteiger partial charge in [-0.3, -0.25) is 15.0 Å². The van der Waals surface area contributed by atoms with E-state index in [4.69, 9.17) is 5.26 Å². The summed E-state index contributed by atoms with van der Waals surface area (Å²) in [6, 6.07) is 7.23. The van der Waals surface area contributed by atoms with Gasteiger partial charge in [0.1, 0.15) is 5.69 Å². The van der Waals surface area contributed by atoms with Gasteiger partial charge in [0.15, 0.2) is 0 Å². The van der Waals surface area contributed by atoms with Crippen molar-refractivity contribution in [3.05, 3.63) is 32.8 Å². The van der Waals surface area contributed by atoms with Crippen LogP contribution < -0.4 is 4.90 Å². The molecule has 0 amide bonds. The Morgan fingerprint density at radius 1 is 1.43 bits per heavy atom. The highest BCUT2D eigenvalue weighted by Gasteiger charge is 2.26. The minimum atomic E-state index is -0.349. The zero-order chi connectivity index (χ0) is 15.4. The number of nitro benzene ring substituents is 1. The van der Waals surface area contributed by atoms with Gasteiger partial charge in [0.2, 0.25) is 0 Å². The largest absolute Gasteiger partial charge is 0.363 e. The number of nitro groups is 1. The van der Waals surface area contributed by atoms with E-state index in [0.717, 1.165) is 24.0 Å². The summed E-state index contributed by atoms with van der Waals surface area (Å²) in [4.78, 5) is 15.0. The fraction of sp³-hybridized carbons (Fsp3) is 0.500. The molecule has 0 N–H and O–H groups in total. The highest BCUT2D eigenvalue weighted by molar-refractivity contribution is 9.10. The highest BCUT2D eigenvalue weighted by Crippen LogP contribution is 2.32. The maximum Gasteiger partial charge on any atom is 0.292 e. The van der Waals surface area contributed by atoms with Crippen molar-refractivity contribution in [3.8, 4) is 6.07 Å². The number of hydrogen-bond donors (Lipinski definition) is 0. The average Bonchev–Trinajstić information content (AvgIpc) is 2.49. The number of nitrogens with zero attached hydrogens (tertiary/aromatic N) is 4. The van der Waals surface area contributed by atoms with Gasteiger partial charge in [0.05, 0.1) is 17.0 Å². The summed E-state index contributed by atoms with van der Waals surface area (Å²) in [6.07, 6.45) is 0.799. The van der Waals surface area contributed by atoms with Crippen LogP contribution in [0, 0.1) is 21.4 Å². The maximum atomic E-state index is 11.2. The minimum Gasteiger partial charge on any atom is -0.363 e. The standard InChI is InChI=1S/C14H17BrN4O2/c1-2-12(10-16)17-5-7-18(8-6-17)14-9-11(15)3-4-13(14)19(20)21/h3-4,9,12H,2,5-8H2,1H3. The second-order valence-electron chi connectivity index (χ2n) is 4.97. The third kappa shape index (κ3) is 3.52. The lowest BCUT2D eigenvalue weighted by Crippen LogP contribution is -2.50. The molecule has 1 aromatic carbocycles. The molecule has 1 heterocycles. The molecule has 1 saturated heterocycles. The van der Waals surface area contributed by atoms with E-state index in [0.29, 0.717) is 18.8 Å². The molecule has 1 aromatic rings. The number of rotatable bonds is 4. The molecular formula is C14H17BrN4O2. The SMILES string of the molecule is CCC(C#N)N1CCN(c2cc(Br)ccc2[N+](=O)[O-])CC1. The monoisotopic (exact) mass is 352 g/mol. The Morgan fingerprint density at radius 3 is 2.62 bits per heavy atom. The molecule has 1 atom stereocenters. The second kappa shape index (κ2) is 6.87. The van der Waals surface area contributed by atoms with Crippen molar-refractivity contribution in [1.29, 1.82) is 5.26 Å². The van der Waals surface area contributed by atoms with Crippen molar-refractivity contribution in [3.63, 3.8) is 0 Å². The van der Waals surface area contributed by atoms with E-state index in [-0.39, 0.29) is 16.7 Å². The Balaban J connectivity index is 2.14. The molecule has 2 rings (SSSR count). The predicted octanol–water partition coefficient (Wildman–Crippen LogP) is 2.78. The van der Waals surface area contributed by atoms with Crippen LogP contribution in [-0.2, 0) is 0 Å². The van der Waals surface area contributed by atoms with Crippen LogP contribution >= 0.6 is 15.9 Å². The summed E-state index contributed by atoms with van der Waals surface area (Å²) in [5, 5.41) is 20.3. The van der Waals surface area contributed by atoms with Gasteiger partial charge in [-0.25, -0.2) is 0 Å². The van der Waals surface area contributed by atoms with E-state index < -0.39 is 0 Å². The summed E-state index contributed by atoms with van der Waals surface area (Å²) >= 11 is 3.37. The number of anilines is 1. The Bertz CT molecular complexity index is 565. The summed E-state index contributed by atoms with van der Waals surface area (Å²) in [6.45, 7) is 4.87. The molecule has 0 spiro atoms. The van der Waals surface area contributed by atoms with Crippen LogP contribution in [0.4, 0.5) is 11.4 Å². The molecule has 0 bridgehead atoms. The molecule has 0 saturated carbocycles. The molecular weight excluding hydrogens is 336 g/mol. The second-order valence-corrected chi connectivity index (χ2v) is 5.88. The number of halogens is 1. The highest BCUT2D eigenvalue weighted by atomic mass is 79.9. The fourth-order valence-electron chi connectivity index (χ4n) is 2.61. The molecule has 1 unspecified atom stereocenters. The van der Waals surface area contributed by atoms with Crippen molar-refractivity contribution in [2.24, 2.45) is 0 Å². The van der Waals surface area contributed by atoms with Crippen LogP contribution in [-0.4, -0.2) is 42.0 Å². The third-order valence-corrected chi connectivity index (χ3v) is 4.26. The molecule has 1 fully saturated rings. The predicted molar refractivity (Wildman–Crippen MR) is 84.3 cm³/mol. The molecule has 0 aliphatic carbocycles. The van der Waals surface area contributed by atoms with Crippen molar-refractivity contribution >= 4 is 27.3 Å². The Morgan fingerprint density at radius 2 is 2.10 bits per heavy atom. The normalized spacial score (nSPS) is 17.3. The van der Waals surface area contributed by atoms with Gasteiger partial charge in [-0.05, 0) is 18.6 Å². The number of piperazine rings is 1. The number of nitriles is 1. The van der Waals surface area contributed by atoms with Crippen molar-refractivity contribution in [2.75, 3.05) is 31.1 Å². The van der Waals surface area contributed by atoms with Crippen LogP contribution in [0.2, 0.25) is 0 Å². The van der Waals surface area contributed by atoms with Gasteiger partial charge >= 0.3 is 0 Å². The zero-order valence-corrected chi connectivity index (χ0v) is 13.4. The smallest absolute Gasteiger partial charge is 0.292 e. The van der Waals surface area contributed by atoms with Gasteiger partial charge in [0, 0.05) is 36.7 Å². The first-order chi connectivity index (χ1) is 10.1. The van der Waals surface area contributed by atoms with Crippen molar-refractivity contribution < 1.29 is 4.92 Å². The van der Waals surface area contributed by atoms with Crippen LogP contribution in [0.3, 0.4) is 0 Å². The van der Waals surface area contributed by atoms with E-state index in [1.165, 1.54) is 6.07 Å². The lowest BCUT2D eigenvalue weighted by Gasteiger charge is -2.37. The molecule has 1 aliphatic rings. The van der Waals surface area contributed by atoms with Crippen LogP contribution in [0.25, 0.3) is 0 Å². The molecule has 1 aliphatic heterocycles. The molecule has 6 nitrogen and oxygen atoms in total. The molecule has 21 heavy (non-hydrogen) atoms. The lowest BCUT2D eigenvalue weighted by molar-refractivity contribution is -0.384. The summed E-state index contributed by atoms with van der Waals surface area (Å²) in [5.41, 5.74) is 0.762. The molecule has 112 valence electrons.